The van der Waals surface area contributed by atoms with Crippen molar-refractivity contribution >= 4 is 11.6 Å². The predicted molar refractivity (Wildman–Crippen MR) is 83.1 cm³/mol. The first-order valence-electron chi connectivity index (χ1n) is 7.44. The van der Waals surface area contributed by atoms with E-state index in [1.807, 2.05) is 0 Å². The van der Waals surface area contributed by atoms with Crippen molar-refractivity contribution in [1.29, 1.82) is 0 Å². The minimum atomic E-state index is -5.02. The number of nitrogens with one attached hydrogen (secondary N) is 1. The second-order valence-electron chi connectivity index (χ2n) is 5.39. The normalized spacial score (nSPS) is 12.0. The highest BCUT2D eigenvalue weighted by atomic mass is 19.4. The molecule has 0 aliphatic carbocycles. The van der Waals surface area contributed by atoms with Crippen LogP contribution in [0.4, 0.5) is 27.6 Å². The lowest BCUT2D eigenvalue weighted by Crippen LogP contribution is -2.18. The lowest BCUT2D eigenvalue weighted by molar-refractivity contribution is -0.159. The highest BCUT2D eigenvalue weighted by Gasteiger charge is 2.44. The summed E-state index contributed by atoms with van der Waals surface area (Å²) in [5, 5.41) is 5.23. The molecule has 10 heteroatoms. The molecule has 1 N–H and O–H groups in total. The largest absolute Gasteiger partial charge is 0.471 e. The number of anilines is 1. The Hall–Kier alpha value is -3.30. The number of carbonyl (C=O) groups excluding carboxylic acids is 1. The minimum absolute atomic E-state index is 0.229. The highest BCUT2D eigenvalue weighted by Crippen LogP contribution is 2.36. The predicted octanol–water partition coefficient (Wildman–Crippen LogP) is 4.48. The van der Waals surface area contributed by atoms with E-state index in [0.29, 0.717) is 5.56 Å². The number of hydrogen-bond acceptors (Lipinski definition) is 4. The summed E-state index contributed by atoms with van der Waals surface area (Å²) >= 11 is 0. The van der Waals surface area contributed by atoms with E-state index in [9.17, 15) is 26.7 Å². The van der Waals surface area contributed by atoms with Gasteiger partial charge in [0.05, 0.1) is 0 Å². The molecule has 0 fully saturated rings. The zero-order valence-corrected chi connectivity index (χ0v) is 13.3. The second kappa shape index (κ2) is 6.78. The van der Waals surface area contributed by atoms with Crippen LogP contribution in [0.2, 0.25) is 0 Å². The number of alkyl halides is 5. The lowest BCUT2D eigenvalue weighted by Gasteiger charge is -2.13. The Labute approximate surface area is 148 Å². The number of halogens is 5. The zero-order chi connectivity index (χ0) is 19.7. The second-order valence-corrected chi connectivity index (χ2v) is 5.39. The fourth-order valence-corrected chi connectivity index (χ4v) is 2.15. The van der Waals surface area contributed by atoms with Crippen molar-refractivity contribution in [2.24, 2.45) is 0 Å². The van der Waals surface area contributed by atoms with E-state index in [0.717, 1.165) is 12.1 Å². The van der Waals surface area contributed by atoms with Crippen LogP contribution in [-0.4, -0.2) is 16.0 Å². The van der Waals surface area contributed by atoms with Gasteiger partial charge in [0.1, 0.15) is 0 Å². The van der Waals surface area contributed by atoms with Gasteiger partial charge in [-0.05, 0) is 24.3 Å². The molecule has 3 aromatic rings. The van der Waals surface area contributed by atoms with E-state index in [-0.39, 0.29) is 5.69 Å². The molecule has 5 nitrogen and oxygen atoms in total. The molecule has 0 unspecified atom stereocenters. The monoisotopic (exact) mass is 383 g/mol. The van der Waals surface area contributed by atoms with Gasteiger partial charge in [0, 0.05) is 16.8 Å². The molecular weight excluding hydrogens is 373 g/mol. The molecule has 1 amide bonds. The Balaban J connectivity index is 1.78. The van der Waals surface area contributed by atoms with Crippen molar-refractivity contribution in [3.8, 4) is 0 Å². The number of carbonyl (C=O) groups is 1. The number of hydrogen-bond donors (Lipinski definition) is 1. The van der Waals surface area contributed by atoms with Crippen molar-refractivity contribution in [3.63, 3.8) is 0 Å². The maximum atomic E-state index is 14.3. The summed E-state index contributed by atoms with van der Waals surface area (Å²) in [6, 6.07) is 12.5. The number of benzene rings is 2. The minimum Gasteiger partial charge on any atom is -0.329 e. The summed E-state index contributed by atoms with van der Waals surface area (Å²) in [5.41, 5.74) is -0.0550. The van der Waals surface area contributed by atoms with E-state index in [1.165, 1.54) is 12.1 Å². The van der Waals surface area contributed by atoms with E-state index >= 15 is 0 Å². The van der Waals surface area contributed by atoms with Crippen LogP contribution in [0.25, 0.3) is 0 Å². The molecule has 1 aromatic heterocycles. The van der Waals surface area contributed by atoms with E-state index in [1.54, 1.807) is 30.3 Å². The smallest absolute Gasteiger partial charge is 0.329 e. The molecule has 1 heterocycles. The molecule has 2 aromatic carbocycles. The quantitative estimate of drug-likeness (QED) is 0.675. The molecule has 27 heavy (non-hydrogen) atoms. The van der Waals surface area contributed by atoms with Gasteiger partial charge in [0.15, 0.2) is 0 Å². The molecule has 0 saturated carbocycles. The molecule has 3 rings (SSSR count). The molecule has 0 aliphatic rings. The fourth-order valence-electron chi connectivity index (χ4n) is 2.15. The van der Waals surface area contributed by atoms with Crippen molar-refractivity contribution in [2.75, 3.05) is 5.32 Å². The van der Waals surface area contributed by atoms with Crippen LogP contribution in [0, 0.1) is 0 Å². The molecule has 0 bridgehead atoms. The number of nitrogens with zero attached hydrogens (tertiary/aromatic N) is 2. The third kappa shape index (κ3) is 3.94. The average molecular weight is 383 g/mol. The van der Waals surface area contributed by atoms with Gasteiger partial charge in [-0.2, -0.15) is 26.9 Å². The first kappa shape index (κ1) is 18.5. The molecule has 0 spiro atoms. The summed E-state index contributed by atoms with van der Waals surface area (Å²) < 4.78 is 69.7. The highest BCUT2D eigenvalue weighted by molar-refractivity contribution is 6.04. The Morgan fingerprint density at radius 3 is 2.11 bits per heavy atom. The van der Waals surface area contributed by atoms with E-state index in [2.05, 4.69) is 20.0 Å². The number of amides is 1. The third-order valence-electron chi connectivity index (χ3n) is 3.49. The van der Waals surface area contributed by atoms with E-state index in [4.69, 9.17) is 0 Å². The maximum absolute atomic E-state index is 14.3. The van der Waals surface area contributed by atoms with Gasteiger partial charge in [-0.3, -0.25) is 4.79 Å². The first-order valence-corrected chi connectivity index (χ1v) is 7.44. The number of rotatable bonds is 4. The van der Waals surface area contributed by atoms with Crippen LogP contribution in [0.15, 0.2) is 59.1 Å². The van der Waals surface area contributed by atoms with Crippen LogP contribution < -0.4 is 5.32 Å². The van der Waals surface area contributed by atoms with Crippen LogP contribution in [0.3, 0.4) is 0 Å². The Bertz CT molecular complexity index is 937. The van der Waals surface area contributed by atoms with Crippen LogP contribution >= 0.6 is 0 Å². The standard InChI is InChI=1S/C17H10F5N3O2/c18-16(19,14-24-15(27-25-14)17(20,21)22)11-6-8-12(9-7-11)23-13(26)10-4-2-1-3-5-10/h1-9H,(H,23,26). The van der Waals surface area contributed by atoms with Gasteiger partial charge in [-0.15, -0.1) is 0 Å². The first-order chi connectivity index (χ1) is 12.7. The van der Waals surface area contributed by atoms with Gasteiger partial charge in [0.2, 0.25) is 5.82 Å². The molecule has 140 valence electrons. The van der Waals surface area contributed by atoms with Gasteiger partial charge in [0.25, 0.3) is 5.91 Å². The summed E-state index contributed by atoms with van der Waals surface area (Å²) in [6.07, 6.45) is -5.02. The van der Waals surface area contributed by atoms with Crippen molar-refractivity contribution in [3.05, 3.63) is 77.4 Å². The Morgan fingerprint density at radius 1 is 0.926 bits per heavy atom. The van der Waals surface area contributed by atoms with E-state index < -0.39 is 35.3 Å². The molecule has 0 radical (unpaired) electrons. The van der Waals surface area contributed by atoms with Gasteiger partial charge in [-0.25, -0.2) is 0 Å². The van der Waals surface area contributed by atoms with Crippen LogP contribution in [-0.2, 0) is 12.1 Å². The summed E-state index contributed by atoms with van der Waals surface area (Å²) in [5.74, 6) is -7.61. The zero-order valence-electron chi connectivity index (χ0n) is 13.3. The third-order valence-corrected chi connectivity index (χ3v) is 3.49. The molecular formula is C17H10F5N3O2. The number of aromatic nitrogens is 2. The average Bonchev–Trinajstić information content (AvgIpc) is 3.14. The fraction of sp³-hybridized carbons (Fsp3) is 0.118. The molecule has 0 aliphatic heterocycles. The topological polar surface area (TPSA) is 68.0 Å². The summed E-state index contributed by atoms with van der Waals surface area (Å²) in [4.78, 5) is 14.7. The SMILES string of the molecule is O=C(Nc1ccc(C(F)(F)c2noc(C(F)(F)F)n2)cc1)c1ccccc1. The Kier molecular flexibility index (Phi) is 4.64. The summed E-state index contributed by atoms with van der Waals surface area (Å²) in [6.45, 7) is 0. The lowest BCUT2D eigenvalue weighted by atomic mass is 10.1. The summed E-state index contributed by atoms with van der Waals surface area (Å²) in [7, 11) is 0. The maximum Gasteiger partial charge on any atom is 0.471 e. The van der Waals surface area contributed by atoms with Gasteiger partial charge >= 0.3 is 18.0 Å². The van der Waals surface area contributed by atoms with Crippen LogP contribution in [0.1, 0.15) is 27.6 Å². The Morgan fingerprint density at radius 2 is 1.56 bits per heavy atom. The van der Waals surface area contributed by atoms with Crippen molar-refractivity contribution in [1.82, 2.24) is 10.1 Å². The molecule has 0 saturated heterocycles. The van der Waals surface area contributed by atoms with Gasteiger partial charge in [-0.1, -0.05) is 35.5 Å². The van der Waals surface area contributed by atoms with Crippen molar-refractivity contribution in [2.45, 2.75) is 12.1 Å². The van der Waals surface area contributed by atoms with Gasteiger partial charge < -0.3 is 9.84 Å². The van der Waals surface area contributed by atoms with Crippen LogP contribution in [0.5, 0.6) is 0 Å². The molecule has 0 atom stereocenters. The van der Waals surface area contributed by atoms with Crippen molar-refractivity contribution < 1.29 is 31.3 Å².